The number of nitrogens with zero attached hydrogens (tertiary/aromatic N) is 2. The van der Waals surface area contributed by atoms with Crippen LogP contribution < -0.4 is 0 Å². The van der Waals surface area contributed by atoms with E-state index in [1.807, 2.05) is 0 Å². The van der Waals surface area contributed by atoms with Crippen LogP contribution in [0.3, 0.4) is 0 Å². The predicted molar refractivity (Wildman–Crippen MR) is 232 cm³/mol. The molecule has 1 heterocycles. The molecule has 9 aromatic carbocycles. The third-order valence-electron chi connectivity index (χ3n) is 11.5. The maximum absolute atomic E-state index is 4.94. The van der Waals surface area contributed by atoms with Gasteiger partial charge in [0.05, 0.1) is 11.0 Å². The van der Waals surface area contributed by atoms with E-state index in [2.05, 4.69) is 200 Å². The molecule has 10 aromatic rings. The summed E-state index contributed by atoms with van der Waals surface area (Å²) < 4.78 is 2.30. The average molecular weight is 701 g/mol. The van der Waals surface area contributed by atoms with Gasteiger partial charge in [-0.15, -0.1) is 0 Å². The van der Waals surface area contributed by atoms with E-state index >= 15 is 0 Å². The van der Waals surface area contributed by atoms with Crippen LogP contribution in [0.5, 0.6) is 0 Å². The Labute approximate surface area is 320 Å². The second kappa shape index (κ2) is 12.5. The molecule has 258 valence electrons. The van der Waals surface area contributed by atoms with Crippen molar-refractivity contribution < 1.29 is 0 Å². The number of rotatable bonds is 4. The number of para-hydroxylation sites is 2. The first kappa shape index (κ1) is 31.5. The first-order chi connectivity index (χ1) is 27.3. The third kappa shape index (κ3) is 4.85. The first-order valence-corrected chi connectivity index (χ1v) is 19.2. The molecule has 0 saturated heterocycles. The zero-order valence-corrected chi connectivity index (χ0v) is 30.5. The molecule has 2 nitrogen and oxygen atoms in total. The van der Waals surface area contributed by atoms with Crippen molar-refractivity contribution in [2.24, 2.45) is 0 Å². The highest BCUT2D eigenvalue weighted by atomic mass is 15.1. The summed E-state index contributed by atoms with van der Waals surface area (Å²) in [5.41, 5.74) is 18.3. The Morgan fingerprint density at radius 2 is 0.782 bits per heavy atom. The van der Waals surface area contributed by atoms with Gasteiger partial charge in [-0.2, -0.15) is 0 Å². The van der Waals surface area contributed by atoms with Gasteiger partial charge in [0.1, 0.15) is 5.82 Å². The molecule has 2 heteroatoms. The van der Waals surface area contributed by atoms with Gasteiger partial charge in [-0.05, 0) is 119 Å². The predicted octanol–water partition coefficient (Wildman–Crippen LogP) is 14.2. The molecule has 1 aromatic heterocycles. The summed E-state index contributed by atoms with van der Waals surface area (Å²) in [6, 6.07) is 69.2. The maximum atomic E-state index is 4.94. The molecule has 0 spiro atoms. The van der Waals surface area contributed by atoms with Gasteiger partial charge in [-0.25, -0.2) is 4.98 Å². The fourth-order valence-electron chi connectivity index (χ4n) is 9.14. The van der Waals surface area contributed by atoms with Gasteiger partial charge in [0.15, 0.2) is 0 Å². The summed E-state index contributed by atoms with van der Waals surface area (Å²) in [4.78, 5) is 4.94. The number of hydrogen-bond acceptors (Lipinski definition) is 1. The Morgan fingerprint density at radius 3 is 1.29 bits per heavy atom. The van der Waals surface area contributed by atoms with Crippen LogP contribution in [-0.2, 0) is 6.42 Å². The molecule has 11 rings (SSSR count). The van der Waals surface area contributed by atoms with Crippen LogP contribution in [-0.4, -0.2) is 9.55 Å². The van der Waals surface area contributed by atoms with E-state index in [1.165, 1.54) is 88.3 Å². The van der Waals surface area contributed by atoms with E-state index < -0.39 is 0 Å². The molecule has 0 saturated carbocycles. The van der Waals surface area contributed by atoms with E-state index in [4.69, 9.17) is 4.98 Å². The summed E-state index contributed by atoms with van der Waals surface area (Å²) in [6.07, 6.45) is 0.862. The molecule has 0 aliphatic heterocycles. The Morgan fingerprint density at radius 1 is 0.382 bits per heavy atom. The standard InChI is InChI=1S/C53H36N2/c1-2-51-54-49-25-13-14-26-50(49)55(51)36-30-27-34(28-31-36)52-44-21-9-11-23-46(44)53(47-24-12-10-22-45(47)52)35-29-32-43-41-19-6-5-17-39(41)37-15-3-4-16-38(37)40-18-7-8-20-42(40)48(43)33-35/h3-33H,2H2,1H3. The zero-order chi connectivity index (χ0) is 36.5. The molecule has 0 fully saturated rings. The average Bonchev–Trinajstić information content (AvgIpc) is 3.64. The molecule has 1 aliphatic carbocycles. The van der Waals surface area contributed by atoms with Crippen molar-refractivity contribution in [3.05, 3.63) is 194 Å². The highest BCUT2D eigenvalue weighted by Crippen LogP contribution is 2.50. The van der Waals surface area contributed by atoms with Crippen LogP contribution in [0, 0.1) is 0 Å². The van der Waals surface area contributed by atoms with Crippen LogP contribution in [0.4, 0.5) is 0 Å². The highest BCUT2D eigenvalue weighted by molar-refractivity contribution is 6.22. The summed E-state index contributed by atoms with van der Waals surface area (Å²) in [5.74, 6) is 1.07. The second-order valence-corrected chi connectivity index (χ2v) is 14.5. The Kier molecular flexibility index (Phi) is 7.18. The fourth-order valence-corrected chi connectivity index (χ4v) is 9.14. The monoisotopic (exact) mass is 700 g/mol. The van der Waals surface area contributed by atoms with Crippen molar-refractivity contribution in [2.75, 3.05) is 0 Å². The highest BCUT2D eigenvalue weighted by Gasteiger charge is 2.23. The minimum atomic E-state index is 0.862. The molecule has 55 heavy (non-hydrogen) atoms. The minimum absolute atomic E-state index is 0.862. The molecule has 1 aliphatic rings. The number of imidazole rings is 1. The molecule has 0 bridgehead atoms. The molecular weight excluding hydrogens is 665 g/mol. The SMILES string of the molecule is CCc1nc2ccccc2n1-c1ccc(-c2c3ccccc3c(-c3ccc4c(c3)-c3ccccc3-c3ccccc3-c3ccccc3-4)c3ccccc23)cc1. The van der Waals surface area contributed by atoms with Crippen LogP contribution >= 0.6 is 0 Å². The van der Waals surface area contributed by atoms with Gasteiger partial charge in [-0.3, -0.25) is 4.57 Å². The lowest BCUT2D eigenvalue weighted by Gasteiger charge is -2.24. The number of fused-ring (bicyclic) bond motifs is 11. The summed E-state index contributed by atoms with van der Waals surface area (Å²) in [6.45, 7) is 2.17. The summed E-state index contributed by atoms with van der Waals surface area (Å²) >= 11 is 0. The first-order valence-electron chi connectivity index (χ1n) is 19.2. The lowest BCUT2D eigenvalue weighted by atomic mass is 9.79. The quantitative estimate of drug-likeness (QED) is 0.167. The van der Waals surface area contributed by atoms with E-state index in [-0.39, 0.29) is 0 Å². The molecule has 0 unspecified atom stereocenters. The number of aryl methyl sites for hydroxylation is 1. The van der Waals surface area contributed by atoms with Crippen molar-refractivity contribution in [3.8, 4) is 72.4 Å². The van der Waals surface area contributed by atoms with Crippen molar-refractivity contribution >= 4 is 32.6 Å². The van der Waals surface area contributed by atoms with Gasteiger partial charge in [0.2, 0.25) is 0 Å². The van der Waals surface area contributed by atoms with Gasteiger partial charge in [0, 0.05) is 12.1 Å². The molecule has 0 amide bonds. The van der Waals surface area contributed by atoms with E-state index in [9.17, 15) is 0 Å². The van der Waals surface area contributed by atoms with Crippen LogP contribution in [0.2, 0.25) is 0 Å². The van der Waals surface area contributed by atoms with Gasteiger partial charge >= 0.3 is 0 Å². The Bertz CT molecular complexity index is 3060. The Hall–Kier alpha value is -7.03. The van der Waals surface area contributed by atoms with E-state index in [0.717, 1.165) is 29.0 Å². The molecule has 0 N–H and O–H groups in total. The summed E-state index contributed by atoms with van der Waals surface area (Å²) in [7, 11) is 0. The normalized spacial score (nSPS) is 11.8. The van der Waals surface area contributed by atoms with Crippen molar-refractivity contribution in [2.45, 2.75) is 13.3 Å². The van der Waals surface area contributed by atoms with Crippen LogP contribution in [0.25, 0.3) is 105 Å². The fraction of sp³-hybridized carbons (Fsp3) is 0.0377. The van der Waals surface area contributed by atoms with Crippen molar-refractivity contribution in [3.63, 3.8) is 0 Å². The second-order valence-electron chi connectivity index (χ2n) is 14.5. The molecule has 0 atom stereocenters. The molecular formula is C53H36N2. The van der Waals surface area contributed by atoms with E-state index in [0.29, 0.717) is 0 Å². The largest absolute Gasteiger partial charge is 0.296 e. The lowest BCUT2D eigenvalue weighted by Crippen LogP contribution is -2.00. The smallest absolute Gasteiger partial charge is 0.114 e. The van der Waals surface area contributed by atoms with Crippen LogP contribution in [0.1, 0.15) is 12.7 Å². The number of aromatic nitrogens is 2. The van der Waals surface area contributed by atoms with E-state index in [1.54, 1.807) is 0 Å². The zero-order valence-electron chi connectivity index (χ0n) is 30.5. The van der Waals surface area contributed by atoms with Crippen molar-refractivity contribution in [1.29, 1.82) is 0 Å². The molecule has 0 radical (unpaired) electrons. The number of benzene rings is 9. The van der Waals surface area contributed by atoms with Gasteiger partial charge in [-0.1, -0.05) is 165 Å². The Balaban J connectivity index is 1.13. The minimum Gasteiger partial charge on any atom is -0.296 e. The maximum Gasteiger partial charge on any atom is 0.114 e. The van der Waals surface area contributed by atoms with Gasteiger partial charge < -0.3 is 0 Å². The lowest BCUT2D eigenvalue weighted by molar-refractivity contribution is 0.908. The number of hydrogen-bond donors (Lipinski definition) is 0. The van der Waals surface area contributed by atoms with Crippen LogP contribution in [0.15, 0.2) is 188 Å². The van der Waals surface area contributed by atoms with Gasteiger partial charge in [0.25, 0.3) is 0 Å². The van der Waals surface area contributed by atoms with Crippen molar-refractivity contribution in [1.82, 2.24) is 9.55 Å². The topological polar surface area (TPSA) is 17.8 Å². The summed E-state index contributed by atoms with van der Waals surface area (Å²) in [5, 5.41) is 4.99. The third-order valence-corrected chi connectivity index (χ3v) is 11.5.